The van der Waals surface area contributed by atoms with E-state index in [-0.39, 0.29) is 11.2 Å². The summed E-state index contributed by atoms with van der Waals surface area (Å²) in [4.78, 5) is 12.4. The number of aromatic nitrogens is 1. The Morgan fingerprint density at radius 3 is 2.59 bits per heavy atom. The molecule has 4 heteroatoms. The van der Waals surface area contributed by atoms with Gasteiger partial charge in [-0.3, -0.25) is 4.79 Å². The second kappa shape index (κ2) is 5.00. The van der Waals surface area contributed by atoms with Crippen LogP contribution >= 0.6 is 11.9 Å². The van der Waals surface area contributed by atoms with E-state index in [9.17, 15) is 4.79 Å². The lowest BCUT2D eigenvalue weighted by Crippen LogP contribution is -2.26. The normalized spacial score (nSPS) is 17.7. The summed E-state index contributed by atoms with van der Waals surface area (Å²) in [6.45, 7) is 2.08. The number of fused-ring (bicyclic) bond motifs is 3. The number of hydrogen-bond donors (Lipinski definition) is 1. The van der Waals surface area contributed by atoms with Gasteiger partial charge in [-0.05, 0) is 18.6 Å². The van der Waals surface area contributed by atoms with Gasteiger partial charge < -0.3 is 4.57 Å². The van der Waals surface area contributed by atoms with Crippen molar-refractivity contribution in [1.29, 1.82) is 0 Å². The number of para-hydroxylation sites is 1. The first kappa shape index (κ1) is 13.6. The maximum atomic E-state index is 12.4. The number of hydrogen-bond acceptors (Lipinski definition) is 3. The minimum atomic E-state index is 0.0319. The lowest BCUT2D eigenvalue weighted by Gasteiger charge is -2.24. The van der Waals surface area contributed by atoms with Crippen LogP contribution in [0.5, 0.6) is 0 Å². The molecule has 4 rings (SSSR count). The molecule has 1 N–H and O–H groups in total. The van der Waals surface area contributed by atoms with Gasteiger partial charge in [-0.15, -0.1) is 0 Å². The highest BCUT2D eigenvalue weighted by molar-refractivity contribution is 8.12. The minimum absolute atomic E-state index is 0.0319. The highest BCUT2D eigenvalue weighted by atomic mass is 32.2. The van der Waals surface area contributed by atoms with Gasteiger partial charge in [0.1, 0.15) is 5.69 Å². The monoisotopic (exact) mass is 308 g/mol. The van der Waals surface area contributed by atoms with Gasteiger partial charge in [0.15, 0.2) is 0 Å². The molecule has 0 amide bonds. The summed E-state index contributed by atoms with van der Waals surface area (Å²) in [5.41, 5.74) is 5.41. The third kappa shape index (κ3) is 1.91. The zero-order valence-corrected chi connectivity index (χ0v) is 13.3. The van der Waals surface area contributed by atoms with Crippen LogP contribution in [0, 0.1) is 6.92 Å². The highest BCUT2D eigenvalue weighted by Gasteiger charge is 2.32. The van der Waals surface area contributed by atoms with Crippen LogP contribution in [0.2, 0.25) is 0 Å². The van der Waals surface area contributed by atoms with Gasteiger partial charge in [-0.1, -0.05) is 48.0 Å². The van der Waals surface area contributed by atoms with Gasteiger partial charge in [0.25, 0.3) is 5.12 Å². The second-order valence-corrected chi connectivity index (χ2v) is 6.50. The zero-order valence-electron chi connectivity index (χ0n) is 12.5. The van der Waals surface area contributed by atoms with Crippen LogP contribution < -0.4 is 4.72 Å². The molecule has 110 valence electrons. The van der Waals surface area contributed by atoms with Crippen molar-refractivity contribution < 1.29 is 4.79 Å². The van der Waals surface area contributed by atoms with Crippen molar-refractivity contribution in [3.05, 3.63) is 70.9 Å². The van der Waals surface area contributed by atoms with Gasteiger partial charge >= 0.3 is 0 Å². The maximum absolute atomic E-state index is 12.4. The number of nitrogens with zero attached hydrogens (tertiary/aromatic N) is 1. The molecule has 2 heterocycles. The van der Waals surface area contributed by atoms with Crippen LogP contribution in [0.1, 0.15) is 33.2 Å². The van der Waals surface area contributed by atoms with E-state index >= 15 is 0 Å². The lowest BCUT2D eigenvalue weighted by molar-refractivity contribution is 0.107. The Labute approximate surface area is 133 Å². The summed E-state index contributed by atoms with van der Waals surface area (Å²) in [6, 6.07) is 16.7. The minimum Gasteiger partial charge on any atom is -0.340 e. The van der Waals surface area contributed by atoms with E-state index in [0.717, 1.165) is 22.2 Å². The van der Waals surface area contributed by atoms with E-state index in [0.29, 0.717) is 0 Å². The summed E-state index contributed by atoms with van der Waals surface area (Å²) in [5, 5.41) is 1.23. The van der Waals surface area contributed by atoms with Crippen molar-refractivity contribution in [3.63, 3.8) is 0 Å². The second-order valence-electron chi connectivity index (χ2n) is 5.69. The van der Waals surface area contributed by atoms with Crippen LogP contribution in [0.25, 0.3) is 10.9 Å². The fourth-order valence-electron chi connectivity index (χ4n) is 3.17. The molecular weight excluding hydrogens is 292 g/mol. The van der Waals surface area contributed by atoms with Crippen molar-refractivity contribution >= 4 is 28.0 Å². The van der Waals surface area contributed by atoms with Gasteiger partial charge in [0.2, 0.25) is 0 Å². The van der Waals surface area contributed by atoms with E-state index in [1.807, 2.05) is 23.7 Å². The van der Waals surface area contributed by atoms with Gasteiger partial charge in [-0.25, -0.2) is 4.72 Å². The van der Waals surface area contributed by atoms with Crippen LogP contribution in [0.3, 0.4) is 0 Å². The Hall–Kier alpha value is -2.04. The molecule has 0 fully saturated rings. The average molecular weight is 308 g/mol. The molecule has 0 radical (unpaired) electrons. The van der Waals surface area contributed by atoms with E-state index in [2.05, 4.69) is 48.0 Å². The molecule has 1 unspecified atom stereocenters. The van der Waals surface area contributed by atoms with Crippen molar-refractivity contribution in [3.8, 4) is 0 Å². The number of rotatable bonds is 1. The molecule has 0 spiro atoms. The summed E-state index contributed by atoms with van der Waals surface area (Å²) in [7, 11) is 1.97. The third-order valence-electron chi connectivity index (χ3n) is 4.31. The molecule has 1 aromatic heterocycles. The van der Waals surface area contributed by atoms with Gasteiger partial charge in [0, 0.05) is 35.5 Å². The van der Waals surface area contributed by atoms with E-state index in [4.69, 9.17) is 0 Å². The molecule has 0 saturated carbocycles. The average Bonchev–Trinajstić information content (AvgIpc) is 2.84. The highest BCUT2D eigenvalue weighted by Crippen LogP contribution is 2.39. The SMILES string of the molecule is Cc1ccc(C2NSC(=O)c3c2c2ccccc2n3C)cc1. The smallest absolute Gasteiger partial charge is 0.250 e. The van der Waals surface area contributed by atoms with Gasteiger partial charge in [-0.2, -0.15) is 0 Å². The summed E-state index contributed by atoms with van der Waals surface area (Å²) in [6.07, 6.45) is 0. The first-order valence-electron chi connectivity index (χ1n) is 7.27. The van der Waals surface area contributed by atoms with Crippen LogP contribution in [0.4, 0.5) is 0 Å². The molecule has 0 saturated heterocycles. The molecule has 1 aliphatic rings. The van der Waals surface area contributed by atoms with E-state index < -0.39 is 0 Å². The number of benzene rings is 2. The van der Waals surface area contributed by atoms with Crippen molar-refractivity contribution in [1.82, 2.24) is 9.29 Å². The molecule has 0 aliphatic carbocycles. The third-order valence-corrected chi connectivity index (χ3v) is 5.04. The van der Waals surface area contributed by atoms with Crippen LogP contribution in [0.15, 0.2) is 48.5 Å². The van der Waals surface area contributed by atoms with Crippen LogP contribution in [-0.2, 0) is 7.05 Å². The Kier molecular flexibility index (Phi) is 3.10. The summed E-state index contributed by atoms with van der Waals surface area (Å²) >= 11 is 1.19. The Balaban J connectivity index is 2.00. The standard InChI is InChI=1S/C18H16N2OS/c1-11-7-9-12(10-8-11)16-15-13-5-3-4-6-14(13)20(2)17(15)18(21)22-19-16/h3-10,16,19H,1-2H3. The molecule has 1 atom stereocenters. The first-order valence-corrected chi connectivity index (χ1v) is 8.09. The number of carbonyl (C=O) groups is 1. The largest absolute Gasteiger partial charge is 0.340 e. The fraction of sp³-hybridized carbons (Fsp3) is 0.167. The van der Waals surface area contributed by atoms with Gasteiger partial charge in [0.05, 0.1) is 6.04 Å². The number of nitrogens with one attached hydrogen (secondary N) is 1. The van der Waals surface area contributed by atoms with Crippen molar-refractivity contribution in [2.75, 3.05) is 0 Å². The fourth-order valence-corrected chi connectivity index (χ4v) is 4.00. The predicted octanol–water partition coefficient (Wildman–Crippen LogP) is 3.97. The molecule has 2 aromatic carbocycles. The number of aryl methyl sites for hydroxylation is 2. The first-order chi connectivity index (χ1) is 10.7. The molecule has 0 bridgehead atoms. The maximum Gasteiger partial charge on any atom is 0.250 e. The van der Waals surface area contributed by atoms with Crippen LogP contribution in [-0.4, -0.2) is 9.68 Å². The Bertz CT molecular complexity index is 880. The Morgan fingerprint density at radius 1 is 1.09 bits per heavy atom. The summed E-state index contributed by atoms with van der Waals surface area (Å²) < 4.78 is 5.34. The molecule has 22 heavy (non-hydrogen) atoms. The molecule has 3 nitrogen and oxygen atoms in total. The Morgan fingerprint density at radius 2 is 1.82 bits per heavy atom. The summed E-state index contributed by atoms with van der Waals surface area (Å²) in [5.74, 6) is 0. The zero-order chi connectivity index (χ0) is 15.3. The topological polar surface area (TPSA) is 34.0 Å². The van der Waals surface area contributed by atoms with Crippen molar-refractivity contribution in [2.24, 2.45) is 7.05 Å². The number of carbonyl (C=O) groups excluding carboxylic acids is 1. The quantitative estimate of drug-likeness (QED) is 0.691. The van der Waals surface area contributed by atoms with E-state index in [1.54, 1.807) is 0 Å². The predicted molar refractivity (Wildman–Crippen MR) is 91.0 cm³/mol. The molecular formula is C18H16N2OS. The molecule has 1 aliphatic heterocycles. The lowest BCUT2D eigenvalue weighted by atomic mass is 9.96. The molecule has 3 aromatic rings. The van der Waals surface area contributed by atoms with Crippen molar-refractivity contribution in [2.45, 2.75) is 13.0 Å². The van der Waals surface area contributed by atoms with E-state index in [1.165, 1.54) is 23.1 Å².